The fourth-order valence-electron chi connectivity index (χ4n) is 1.67. The van der Waals surface area contributed by atoms with Crippen molar-refractivity contribution in [3.8, 4) is 0 Å². The molecule has 15 heavy (non-hydrogen) atoms. The Hall–Kier alpha value is -1.30. The van der Waals surface area contributed by atoms with E-state index in [4.69, 9.17) is 10.2 Å². The second kappa shape index (κ2) is 4.97. The highest BCUT2D eigenvalue weighted by molar-refractivity contribution is 5.86. The van der Waals surface area contributed by atoms with E-state index in [-0.39, 0.29) is 12.5 Å². The standard InChI is InChI=1S/C9H16N2O4/c1-7-8(13)10(3-2-6-12)4-5-11(7)9(14)15/h7,12H,2-6H2,1H3,(H,14,15). The third kappa shape index (κ3) is 2.59. The third-order valence-electron chi connectivity index (χ3n) is 2.58. The van der Waals surface area contributed by atoms with Crippen LogP contribution in [0.1, 0.15) is 13.3 Å². The van der Waals surface area contributed by atoms with Gasteiger partial charge in [0.25, 0.3) is 0 Å². The molecule has 0 aromatic rings. The highest BCUT2D eigenvalue weighted by Gasteiger charge is 2.33. The number of hydrogen-bond acceptors (Lipinski definition) is 3. The molecule has 1 rings (SSSR count). The van der Waals surface area contributed by atoms with Gasteiger partial charge in [-0.2, -0.15) is 0 Å². The van der Waals surface area contributed by atoms with E-state index >= 15 is 0 Å². The van der Waals surface area contributed by atoms with E-state index in [2.05, 4.69) is 0 Å². The third-order valence-corrected chi connectivity index (χ3v) is 2.58. The number of carbonyl (C=O) groups is 2. The van der Waals surface area contributed by atoms with Gasteiger partial charge in [0, 0.05) is 26.2 Å². The maximum atomic E-state index is 11.7. The summed E-state index contributed by atoms with van der Waals surface area (Å²) < 4.78 is 0. The van der Waals surface area contributed by atoms with Crippen LogP contribution in [-0.2, 0) is 4.79 Å². The quantitative estimate of drug-likeness (QED) is 0.671. The average molecular weight is 216 g/mol. The molecule has 86 valence electrons. The van der Waals surface area contributed by atoms with Crippen molar-refractivity contribution in [3.63, 3.8) is 0 Å². The molecule has 0 aromatic carbocycles. The number of piperazine rings is 1. The largest absolute Gasteiger partial charge is 0.465 e. The van der Waals surface area contributed by atoms with E-state index < -0.39 is 12.1 Å². The Kier molecular flexibility index (Phi) is 3.90. The van der Waals surface area contributed by atoms with Crippen molar-refractivity contribution in [1.29, 1.82) is 0 Å². The first-order valence-electron chi connectivity index (χ1n) is 4.97. The van der Waals surface area contributed by atoms with Gasteiger partial charge in [0.05, 0.1) is 0 Å². The summed E-state index contributed by atoms with van der Waals surface area (Å²) in [7, 11) is 0. The molecule has 0 saturated carbocycles. The van der Waals surface area contributed by atoms with E-state index in [0.717, 1.165) is 4.90 Å². The van der Waals surface area contributed by atoms with Crippen LogP contribution in [0.2, 0.25) is 0 Å². The zero-order valence-corrected chi connectivity index (χ0v) is 8.72. The van der Waals surface area contributed by atoms with Crippen molar-refractivity contribution < 1.29 is 19.8 Å². The van der Waals surface area contributed by atoms with E-state index in [0.29, 0.717) is 26.1 Å². The Bertz CT molecular complexity index is 256. The molecule has 2 amide bonds. The highest BCUT2D eigenvalue weighted by Crippen LogP contribution is 2.11. The lowest BCUT2D eigenvalue weighted by Crippen LogP contribution is -2.57. The zero-order chi connectivity index (χ0) is 11.4. The van der Waals surface area contributed by atoms with Crippen LogP contribution in [0.3, 0.4) is 0 Å². The number of aliphatic hydroxyl groups excluding tert-OH is 1. The molecule has 0 aromatic heterocycles. The molecule has 1 saturated heterocycles. The van der Waals surface area contributed by atoms with Gasteiger partial charge in [0.1, 0.15) is 6.04 Å². The number of rotatable bonds is 3. The minimum atomic E-state index is -1.06. The Morgan fingerprint density at radius 1 is 1.53 bits per heavy atom. The second-order valence-electron chi connectivity index (χ2n) is 3.55. The smallest absolute Gasteiger partial charge is 0.408 e. The maximum absolute atomic E-state index is 11.7. The zero-order valence-electron chi connectivity index (χ0n) is 8.72. The van der Waals surface area contributed by atoms with E-state index in [9.17, 15) is 9.59 Å². The van der Waals surface area contributed by atoms with Gasteiger partial charge in [0.2, 0.25) is 5.91 Å². The Balaban J connectivity index is 2.56. The predicted octanol–water partition coefficient (Wildman–Crippen LogP) is -0.420. The lowest BCUT2D eigenvalue weighted by atomic mass is 10.2. The van der Waals surface area contributed by atoms with Crippen LogP contribution < -0.4 is 0 Å². The van der Waals surface area contributed by atoms with Crippen LogP contribution in [0.5, 0.6) is 0 Å². The van der Waals surface area contributed by atoms with Crippen molar-refractivity contribution in [2.45, 2.75) is 19.4 Å². The average Bonchev–Trinajstić information content (AvgIpc) is 2.20. The molecule has 0 spiro atoms. The van der Waals surface area contributed by atoms with Crippen molar-refractivity contribution in [3.05, 3.63) is 0 Å². The first-order valence-corrected chi connectivity index (χ1v) is 4.97. The fraction of sp³-hybridized carbons (Fsp3) is 0.778. The van der Waals surface area contributed by atoms with Crippen LogP contribution in [-0.4, -0.2) is 64.3 Å². The highest BCUT2D eigenvalue weighted by atomic mass is 16.4. The Morgan fingerprint density at radius 3 is 2.73 bits per heavy atom. The summed E-state index contributed by atoms with van der Waals surface area (Å²) in [6.45, 7) is 2.87. The molecule has 1 fully saturated rings. The molecule has 1 atom stereocenters. The van der Waals surface area contributed by atoms with Gasteiger partial charge in [-0.25, -0.2) is 4.79 Å². The molecule has 0 radical (unpaired) electrons. The number of carboxylic acid groups (broad SMARTS) is 1. The molecular formula is C9H16N2O4. The van der Waals surface area contributed by atoms with Gasteiger partial charge < -0.3 is 15.1 Å². The van der Waals surface area contributed by atoms with Crippen molar-refractivity contribution in [1.82, 2.24) is 9.80 Å². The SMILES string of the molecule is CC1C(=O)N(CCCO)CCN1C(=O)O. The van der Waals surface area contributed by atoms with Gasteiger partial charge in [0.15, 0.2) is 0 Å². The second-order valence-corrected chi connectivity index (χ2v) is 3.55. The fourth-order valence-corrected chi connectivity index (χ4v) is 1.67. The normalized spacial score (nSPS) is 22.0. The molecule has 1 aliphatic heterocycles. The lowest BCUT2D eigenvalue weighted by molar-refractivity contribution is -0.139. The monoisotopic (exact) mass is 216 g/mol. The summed E-state index contributed by atoms with van der Waals surface area (Å²) in [6.07, 6.45) is -0.524. The molecule has 0 bridgehead atoms. The summed E-state index contributed by atoms with van der Waals surface area (Å²) in [5.74, 6) is -0.183. The van der Waals surface area contributed by atoms with Gasteiger partial charge in [-0.3, -0.25) is 9.69 Å². The summed E-state index contributed by atoms with van der Waals surface area (Å²) in [5, 5.41) is 17.5. The lowest BCUT2D eigenvalue weighted by Gasteiger charge is -2.37. The molecule has 6 heteroatoms. The van der Waals surface area contributed by atoms with Crippen LogP contribution in [0.4, 0.5) is 4.79 Å². The molecule has 1 aliphatic rings. The number of carbonyl (C=O) groups excluding carboxylic acids is 1. The Morgan fingerprint density at radius 2 is 2.20 bits per heavy atom. The molecule has 0 aliphatic carbocycles. The number of hydrogen-bond donors (Lipinski definition) is 2. The predicted molar refractivity (Wildman–Crippen MR) is 52.5 cm³/mol. The Labute approximate surface area is 88.1 Å². The molecule has 6 nitrogen and oxygen atoms in total. The number of amides is 2. The first kappa shape index (κ1) is 11.8. The topological polar surface area (TPSA) is 81.1 Å². The summed E-state index contributed by atoms with van der Waals surface area (Å²) in [6, 6.07) is -0.616. The van der Waals surface area contributed by atoms with Crippen LogP contribution in [0, 0.1) is 0 Å². The van der Waals surface area contributed by atoms with Crippen molar-refractivity contribution in [2.24, 2.45) is 0 Å². The van der Waals surface area contributed by atoms with Gasteiger partial charge in [-0.15, -0.1) is 0 Å². The van der Waals surface area contributed by atoms with Crippen LogP contribution in [0.25, 0.3) is 0 Å². The van der Waals surface area contributed by atoms with Crippen molar-refractivity contribution in [2.75, 3.05) is 26.2 Å². The van der Waals surface area contributed by atoms with Gasteiger partial charge in [-0.1, -0.05) is 0 Å². The number of nitrogens with zero attached hydrogens (tertiary/aromatic N) is 2. The molecular weight excluding hydrogens is 200 g/mol. The maximum Gasteiger partial charge on any atom is 0.408 e. The minimum absolute atomic E-state index is 0.0425. The molecule has 1 heterocycles. The minimum Gasteiger partial charge on any atom is -0.465 e. The van der Waals surface area contributed by atoms with Crippen LogP contribution >= 0.6 is 0 Å². The van der Waals surface area contributed by atoms with Crippen LogP contribution in [0.15, 0.2) is 0 Å². The summed E-state index contributed by atoms with van der Waals surface area (Å²) >= 11 is 0. The van der Waals surface area contributed by atoms with E-state index in [1.54, 1.807) is 11.8 Å². The first-order chi connectivity index (χ1) is 7.07. The van der Waals surface area contributed by atoms with Gasteiger partial charge in [-0.05, 0) is 13.3 Å². The molecule has 2 N–H and O–H groups in total. The number of aliphatic hydroxyl groups is 1. The van der Waals surface area contributed by atoms with Crippen molar-refractivity contribution >= 4 is 12.0 Å². The summed E-state index contributed by atoms with van der Waals surface area (Å²) in [5.41, 5.74) is 0. The van der Waals surface area contributed by atoms with E-state index in [1.165, 1.54) is 0 Å². The summed E-state index contributed by atoms with van der Waals surface area (Å²) in [4.78, 5) is 25.2. The van der Waals surface area contributed by atoms with Gasteiger partial charge >= 0.3 is 6.09 Å². The molecule has 1 unspecified atom stereocenters. The van der Waals surface area contributed by atoms with E-state index in [1.807, 2.05) is 0 Å².